The Labute approximate surface area is 280 Å². The van der Waals surface area contributed by atoms with Crippen molar-refractivity contribution in [2.45, 2.75) is 50.7 Å². The number of rotatable bonds is 11. The van der Waals surface area contributed by atoms with Gasteiger partial charge in [0, 0.05) is 5.56 Å². The molecule has 0 unspecified atom stereocenters. The van der Waals surface area contributed by atoms with E-state index in [-0.39, 0.29) is 5.97 Å². The first-order valence-corrected chi connectivity index (χ1v) is 16.2. The maximum atomic E-state index is 13.9. The molecule has 0 radical (unpaired) electrons. The van der Waals surface area contributed by atoms with Gasteiger partial charge in [0.1, 0.15) is 24.7 Å². The fraction of sp³-hybridized carbons (Fsp3) is 0.195. The average Bonchev–Trinajstić information content (AvgIpc) is 3.15. The van der Waals surface area contributed by atoms with Gasteiger partial charge in [0.2, 0.25) is 0 Å². The summed E-state index contributed by atoms with van der Waals surface area (Å²) < 4.78 is 17.7. The van der Waals surface area contributed by atoms with E-state index in [1.807, 2.05) is 91.0 Å². The molecule has 1 fully saturated rings. The minimum Gasteiger partial charge on any atom is -0.470 e. The van der Waals surface area contributed by atoms with Crippen molar-refractivity contribution >= 4 is 17.8 Å². The van der Waals surface area contributed by atoms with E-state index in [1.54, 1.807) is 48.5 Å². The zero-order valence-electron chi connectivity index (χ0n) is 26.6. The number of ether oxygens (including phenoxy) is 3. The van der Waals surface area contributed by atoms with E-state index in [0.29, 0.717) is 54.6 Å². The maximum Gasteiger partial charge on any atom is 0.343 e. The summed E-state index contributed by atoms with van der Waals surface area (Å²) in [5, 5.41) is 4.32. The van der Waals surface area contributed by atoms with Crippen molar-refractivity contribution in [2.75, 3.05) is 0 Å². The molecule has 0 aliphatic heterocycles. The molecule has 1 saturated carbocycles. The lowest BCUT2D eigenvalue weighted by atomic mass is 9.69. The Kier molecular flexibility index (Phi) is 10.6. The van der Waals surface area contributed by atoms with Gasteiger partial charge < -0.3 is 19.0 Å². The predicted octanol–water partition coefficient (Wildman–Crippen LogP) is 8.81. The third-order valence-corrected chi connectivity index (χ3v) is 8.48. The number of carbonyl (C=O) groups is 2. The summed E-state index contributed by atoms with van der Waals surface area (Å²) in [7, 11) is 0. The number of carbonyl (C=O) groups excluding carboxylic acids is 2. The predicted molar refractivity (Wildman–Crippen MR) is 184 cm³/mol. The molecule has 0 N–H and O–H groups in total. The molecule has 0 amide bonds. The van der Waals surface area contributed by atoms with Crippen LogP contribution in [0.1, 0.15) is 64.7 Å². The molecule has 0 bridgehead atoms. The number of benzene rings is 5. The fourth-order valence-corrected chi connectivity index (χ4v) is 5.85. The number of esters is 2. The van der Waals surface area contributed by atoms with Crippen molar-refractivity contribution < 1.29 is 28.6 Å². The van der Waals surface area contributed by atoms with Gasteiger partial charge in [-0.15, -0.1) is 0 Å². The lowest BCUT2D eigenvalue weighted by Crippen LogP contribution is -2.41. The van der Waals surface area contributed by atoms with Crippen molar-refractivity contribution in [3.63, 3.8) is 0 Å². The van der Waals surface area contributed by atoms with E-state index in [0.717, 1.165) is 36.0 Å². The summed E-state index contributed by atoms with van der Waals surface area (Å²) in [6, 6.07) is 42.8. The number of hydrogen-bond donors (Lipinski definition) is 0. The average molecular weight is 640 g/mol. The zero-order valence-corrected chi connectivity index (χ0v) is 26.6. The molecule has 6 rings (SSSR count). The van der Waals surface area contributed by atoms with Crippen LogP contribution < -0.4 is 9.47 Å². The van der Waals surface area contributed by atoms with Crippen LogP contribution in [-0.2, 0) is 33.0 Å². The van der Waals surface area contributed by atoms with Crippen molar-refractivity contribution in [2.24, 2.45) is 5.16 Å². The third-order valence-electron chi connectivity index (χ3n) is 8.48. The highest BCUT2D eigenvalue weighted by Gasteiger charge is 2.43. The summed E-state index contributed by atoms with van der Waals surface area (Å²) in [4.78, 5) is 32.1. The Morgan fingerprint density at radius 1 is 0.562 bits per heavy atom. The molecular formula is C41H37NO6. The molecule has 0 atom stereocenters. The van der Waals surface area contributed by atoms with Crippen LogP contribution in [0.2, 0.25) is 0 Å². The van der Waals surface area contributed by atoms with Crippen molar-refractivity contribution in [3.05, 3.63) is 167 Å². The van der Waals surface area contributed by atoms with Crippen molar-refractivity contribution in [1.29, 1.82) is 0 Å². The first kappa shape index (κ1) is 32.3. The smallest absolute Gasteiger partial charge is 0.343 e. The monoisotopic (exact) mass is 639 g/mol. The molecule has 0 spiro atoms. The lowest BCUT2D eigenvalue weighted by molar-refractivity contribution is -0.142. The largest absolute Gasteiger partial charge is 0.470 e. The molecule has 7 nitrogen and oxygen atoms in total. The second-order valence-electron chi connectivity index (χ2n) is 11.8. The second kappa shape index (κ2) is 15.7. The lowest BCUT2D eigenvalue weighted by Gasteiger charge is -2.35. The maximum absolute atomic E-state index is 13.9. The van der Waals surface area contributed by atoms with Crippen LogP contribution in [0.4, 0.5) is 0 Å². The van der Waals surface area contributed by atoms with Crippen LogP contribution >= 0.6 is 0 Å². The van der Waals surface area contributed by atoms with Gasteiger partial charge in [0.15, 0.2) is 0 Å². The summed E-state index contributed by atoms with van der Waals surface area (Å²) in [5.74, 6) is 0.436. The number of hydrogen-bond acceptors (Lipinski definition) is 7. The summed E-state index contributed by atoms with van der Waals surface area (Å²) in [6.45, 7) is 0.616. The van der Waals surface area contributed by atoms with Crippen LogP contribution in [0.15, 0.2) is 145 Å². The van der Waals surface area contributed by atoms with E-state index in [1.165, 1.54) is 0 Å². The zero-order chi connectivity index (χ0) is 33.0. The molecule has 7 heteroatoms. The Morgan fingerprint density at radius 2 is 1.10 bits per heavy atom. The Hall–Kier alpha value is -5.69. The Balaban J connectivity index is 1.15. The Bertz CT molecular complexity index is 1800. The molecule has 48 heavy (non-hydrogen) atoms. The Morgan fingerprint density at radius 3 is 1.73 bits per heavy atom. The highest BCUT2D eigenvalue weighted by Crippen LogP contribution is 2.41. The standard InChI is InChI=1S/C41H37NO6/c43-39(34-17-9-3-10-18-34)47-36-25-21-35(22-26-36)41(27-11-4-12-28-41)40(44)48-37-23-19-33(20-24-37)38(45-29-31-13-5-1-6-14-31)42-46-30-32-15-7-2-8-16-32/h1-3,5-10,13-26H,4,11-12,27-30H2/b42-38+. The number of oxime groups is 1. The molecule has 0 aromatic heterocycles. The molecule has 1 aliphatic carbocycles. The van der Waals surface area contributed by atoms with Gasteiger partial charge in [0.05, 0.1) is 11.0 Å². The molecular weight excluding hydrogens is 602 g/mol. The minimum atomic E-state index is -0.796. The second-order valence-corrected chi connectivity index (χ2v) is 11.8. The van der Waals surface area contributed by atoms with Gasteiger partial charge >= 0.3 is 11.9 Å². The molecule has 5 aromatic carbocycles. The third kappa shape index (κ3) is 8.17. The molecule has 242 valence electrons. The van der Waals surface area contributed by atoms with E-state index in [2.05, 4.69) is 5.16 Å². The van der Waals surface area contributed by atoms with Crippen LogP contribution in [0.3, 0.4) is 0 Å². The SMILES string of the molecule is O=C(Oc1ccc(C2(C(=O)Oc3ccc(/C(=N\OCc4ccccc4)OCc4ccccc4)cc3)CCCCC2)cc1)c1ccccc1. The van der Waals surface area contributed by atoms with Gasteiger partial charge in [-0.1, -0.05) is 110 Å². The van der Waals surface area contributed by atoms with Gasteiger partial charge in [-0.3, -0.25) is 4.79 Å². The first-order chi connectivity index (χ1) is 23.6. The van der Waals surface area contributed by atoms with Gasteiger partial charge in [0.25, 0.3) is 5.90 Å². The topological polar surface area (TPSA) is 83.4 Å². The van der Waals surface area contributed by atoms with Crippen LogP contribution in [0.25, 0.3) is 0 Å². The minimum absolute atomic E-state index is 0.299. The molecule has 1 aliphatic rings. The molecule has 5 aromatic rings. The van der Waals surface area contributed by atoms with Gasteiger partial charge in [-0.05, 0) is 83.2 Å². The van der Waals surface area contributed by atoms with Crippen molar-refractivity contribution in [3.8, 4) is 11.5 Å². The summed E-state index contributed by atoms with van der Waals surface area (Å²) in [6.07, 6.45) is 4.25. The van der Waals surface area contributed by atoms with Crippen LogP contribution in [0, 0.1) is 0 Å². The van der Waals surface area contributed by atoms with Crippen LogP contribution in [0.5, 0.6) is 11.5 Å². The first-order valence-electron chi connectivity index (χ1n) is 16.2. The number of nitrogens with zero attached hydrogens (tertiary/aromatic N) is 1. The highest BCUT2D eigenvalue weighted by molar-refractivity contribution is 5.94. The van der Waals surface area contributed by atoms with E-state index >= 15 is 0 Å². The normalized spacial score (nSPS) is 14.0. The van der Waals surface area contributed by atoms with Gasteiger partial charge in [-0.25, -0.2) is 4.79 Å². The van der Waals surface area contributed by atoms with Crippen LogP contribution in [-0.4, -0.2) is 17.8 Å². The fourth-order valence-electron chi connectivity index (χ4n) is 5.85. The highest BCUT2D eigenvalue weighted by atomic mass is 16.6. The molecule has 0 heterocycles. The van der Waals surface area contributed by atoms with Crippen molar-refractivity contribution in [1.82, 2.24) is 0 Å². The quantitative estimate of drug-likeness (QED) is 0.0472. The summed E-state index contributed by atoms with van der Waals surface area (Å²) >= 11 is 0. The van der Waals surface area contributed by atoms with E-state index in [9.17, 15) is 9.59 Å². The molecule has 0 saturated heterocycles. The van der Waals surface area contributed by atoms with Gasteiger partial charge in [-0.2, -0.15) is 0 Å². The van der Waals surface area contributed by atoms with E-state index in [4.69, 9.17) is 19.0 Å². The van der Waals surface area contributed by atoms with E-state index < -0.39 is 11.4 Å². The summed E-state index contributed by atoms with van der Waals surface area (Å²) in [5.41, 5.74) is 3.20.